The molecule has 34 heavy (non-hydrogen) atoms. The van der Waals surface area contributed by atoms with E-state index in [-0.39, 0.29) is 16.6 Å². The number of hydrogen-bond donors (Lipinski definition) is 3. The van der Waals surface area contributed by atoms with Gasteiger partial charge in [0, 0.05) is 29.9 Å². The number of methoxy groups -OCH3 is 3. The van der Waals surface area contributed by atoms with Gasteiger partial charge in [0.25, 0.3) is 11.8 Å². The average Bonchev–Trinajstić information content (AvgIpc) is 2.85. The van der Waals surface area contributed by atoms with Gasteiger partial charge in [-0.05, 0) is 61.7 Å². The van der Waals surface area contributed by atoms with E-state index in [2.05, 4.69) is 34.7 Å². The molecule has 0 aliphatic rings. The van der Waals surface area contributed by atoms with E-state index in [1.165, 1.54) is 33.5 Å². The van der Waals surface area contributed by atoms with E-state index in [0.717, 1.165) is 19.6 Å². The van der Waals surface area contributed by atoms with Gasteiger partial charge in [0.05, 0.1) is 21.3 Å². The predicted molar refractivity (Wildman–Crippen MR) is 136 cm³/mol. The number of amides is 2. The summed E-state index contributed by atoms with van der Waals surface area (Å²) in [6, 6.07) is 9.89. The van der Waals surface area contributed by atoms with Gasteiger partial charge in [-0.3, -0.25) is 14.9 Å². The Hall–Kier alpha value is -3.37. The van der Waals surface area contributed by atoms with Gasteiger partial charge in [-0.2, -0.15) is 0 Å². The number of ether oxygens (including phenoxy) is 3. The van der Waals surface area contributed by atoms with Crippen LogP contribution >= 0.6 is 12.2 Å². The van der Waals surface area contributed by atoms with Gasteiger partial charge in [-0.1, -0.05) is 13.8 Å². The number of anilines is 1. The van der Waals surface area contributed by atoms with Crippen molar-refractivity contribution in [3.8, 4) is 17.2 Å². The molecular formula is C24H32N4O5S. The molecule has 0 aliphatic heterocycles. The summed E-state index contributed by atoms with van der Waals surface area (Å²) in [5.74, 6) is 0.519. The summed E-state index contributed by atoms with van der Waals surface area (Å²) in [5.41, 5.74) is 1.46. The number of benzene rings is 2. The Kier molecular flexibility index (Phi) is 10.6. The van der Waals surface area contributed by atoms with E-state index >= 15 is 0 Å². The summed E-state index contributed by atoms with van der Waals surface area (Å²) >= 11 is 5.26. The fourth-order valence-electron chi connectivity index (χ4n) is 3.22. The number of carbonyl (C=O) groups excluding carboxylic acids is 2. The minimum Gasteiger partial charge on any atom is -0.493 e. The van der Waals surface area contributed by atoms with Crippen LogP contribution in [0.25, 0.3) is 0 Å². The van der Waals surface area contributed by atoms with Crippen LogP contribution in [-0.2, 0) is 0 Å². The summed E-state index contributed by atoms with van der Waals surface area (Å²) in [5, 5.41) is 8.58. The molecule has 2 aromatic rings. The zero-order valence-corrected chi connectivity index (χ0v) is 21.0. The van der Waals surface area contributed by atoms with E-state index < -0.39 is 5.91 Å². The Bertz CT molecular complexity index is 968. The fourth-order valence-corrected chi connectivity index (χ4v) is 3.43. The smallest absolute Gasteiger partial charge is 0.257 e. The van der Waals surface area contributed by atoms with E-state index in [1.807, 2.05) is 0 Å². The third-order valence-electron chi connectivity index (χ3n) is 5.17. The van der Waals surface area contributed by atoms with E-state index in [9.17, 15) is 9.59 Å². The molecule has 3 N–H and O–H groups in total. The molecule has 0 radical (unpaired) electrons. The highest BCUT2D eigenvalue weighted by Gasteiger charge is 2.18. The number of rotatable bonds is 11. The predicted octanol–water partition coefficient (Wildman–Crippen LogP) is 2.91. The van der Waals surface area contributed by atoms with Crippen molar-refractivity contribution in [1.82, 2.24) is 15.5 Å². The van der Waals surface area contributed by atoms with E-state index in [0.29, 0.717) is 35.0 Å². The molecule has 0 heterocycles. The Labute approximate surface area is 205 Å². The van der Waals surface area contributed by atoms with Gasteiger partial charge < -0.3 is 29.7 Å². The number of thiocarbonyl (C=S) groups is 1. The second-order valence-corrected chi connectivity index (χ2v) is 7.59. The summed E-state index contributed by atoms with van der Waals surface area (Å²) in [6.45, 7) is 7.46. The van der Waals surface area contributed by atoms with Gasteiger partial charge in [-0.15, -0.1) is 0 Å². The van der Waals surface area contributed by atoms with Crippen molar-refractivity contribution in [2.24, 2.45) is 0 Å². The Morgan fingerprint density at radius 1 is 0.882 bits per heavy atom. The first kappa shape index (κ1) is 26.9. The Morgan fingerprint density at radius 3 is 1.97 bits per heavy atom. The van der Waals surface area contributed by atoms with Gasteiger partial charge in [0.2, 0.25) is 5.75 Å². The zero-order valence-electron chi connectivity index (χ0n) is 20.2. The van der Waals surface area contributed by atoms with Gasteiger partial charge in [0.15, 0.2) is 16.6 Å². The van der Waals surface area contributed by atoms with Crippen LogP contribution in [-0.4, -0.2) is 69.3 Å². The quantitative estimate of drug-likeness (QED) is 0.415. The fraction of sp³-hybridized carbons (Fsp3) is 0.375. The molecule has 2 aromatic carbocycles. The van der Waals surface area contributed by atoms with Crippen LogP contribution in [0.1, 0.15) is 34.6 Å². The molecule has 0 bridgehead atoms. The SMILES string of the molecule is CCN(CC)CCNC(=O)c1ccc(NC(=S)NC(=O)c2cc(OC)c(OC)c(OC)c2)cc1. The molecule has 2 amide bonds. The standard InChI is InChI=1S/C24H32N4O5S/c1-6-28(7-2)13-12-25-22(29)16-8-10-18(11-9-16)26-24(34)27-23(30)17-14-19(31-3)21(33-5)20(15-17)32-4/h8-11,14-15H,6-7,12-13H2,1-5H3,(H,25,29)(H2,26,27,30,34). The molecule has 0 saturated heterocycles. The first-order valence-electron chi connectivity index (χ1n) is 10.9. The van der Waals surface area contributed by atoms with Crippen LogP contribution in [0.4, 0.5) is 5.69 Å². The third-order valence-corrected chi connectivity index (χ3v) is 5.37. The Morgan fingerprint density at radius 2 is 1.47 bits per heavy atom. The second kappa shape index (κ2) is 13.4. The van der Waals surface area contributed by atoms with Crippen molar-refractivity contribution in [2.45, 2.75) is 13.8 Å². The van der Waals surface area contributed by atoms with Crippen LogP contribution in [0.3, 0.4) is 0 Å². The van der Waals surface area contributed by atoms with Crippen LogP contribution in [0, 0.1) is 0 Å². The first-order chi connectivity index (χ1) is 16.4. The second-order valence-electron chi connectivity index (χ2n) is 7.18. The lowest BCUT2D eigenvalue weighted by Crippen LogP contribution is -2.35. The third kappa shape index (κ3) is 7.32. The number of hydrogen-bond acceptors (Lipinski definition) is 7. The van der Waals surface area contributed by atoms with E-state index in [1.54, 1.807) is 24.3 Å². The lowest BCUT2D eigenvalue weighted by Gasteiger charge is -2.18. The molecule has 2 rings (SSSR count). The highest BCUT2D eigenvalue weighted by atomic mass is 32.1. The summed E-state index contributed by atoms with van der Waals surface area (Å²) in [6.07, 6.45) is 0. The molecule has 0 aliphatic carbocycles. The molecule has 0 saturated carbocycles. The van der Waals surface area contributed by atoms with Crippen LogP contribution in [0.2, 0.25) is 0 Å². The lowest BCUT2D eigenvalue weighted by atomic mass is 10.1. The molecule has 0 atom stereocenters. The average molecular weight is 489 g/mol. The summed E-state index contributed by atoms with van der Waals surface area (Å²) < 4.78 is 15.8. The molecule has 0 spiro atoms. The minimum absolute atomic E-state index is 0.107. The van der Waals surface area contributed by atoms with Crippen molar-refractivity contribution in [1.29, 1.82) is 0 Å². The Balaban J connectivity index is 1.95. The zero-order chi connectivity index (χ0) is 25.1. The molecule has 0 fully saturated rings. The lowest BCUT2D eigenvalue weighted by molar-refractivity contribution is 0.0947. The minimum atomic E-state index is -0.444. The molecule has 9 nitrogen and oxygen atoms in total. The van der Waals surface area contributed by atoms with Gasteiger partial charge in [0.1, 0.15) is 0 Å². The van der Waals surface area contributed by atoms with Crippen LogP contribution in [0.15, 0.2) is 36.4 Å². The van der Waals surface area contributed by atoms with Crippen LogP contribution < -0.4 is 30.2 Å². The maximum atomic E-state index is 12.7. The maximum absolute atomic E-state index is 12.7. The molecule has 0 aromatic heterocycles. The van der Waals surface area contributed by atoms with Gasteiger partial charge in [-0.25, -0.2) is 0 Å². The number of nitrogens with zero attached hydrogens (tertiary/aromatic N) is 1. The van der Waals surface area contributed by atoms with Crippen molar-refractivity contribution in [2.75, 3.05) is 52.8 Å². The highest BCUT2D eigenvalue weighted by Crippen LogP contribution is 2.38. The summed E-state index contributed by atoms with van der Waals surface area (Å²) in [7, 11) is 4.43. The van der Waals surface area contributed by atoms with Crippen LogP contribution in [0.5, 0.6) is 17.2 Å². The molecular weight excluding hydrogens is 456 g/mol. The first-order valence-corrected chi connectivity index (χ1v) is 11.3. The van der Waals surface area contributed by atoms with Crippen molar-refractivity contribution < 1.29 is 23.8 Å². The molecule has 184 valence electrons. The molecule has 0 unspecified atom stereocenters. The van der Waals surface area contributed by atoms with Crippen molar-refractivity contribution in [3.63, 3.8) is 0 Å². The monoisotopic (exact) mass is 488 g/mol. The van der Waals surface area contributed by atoms with Gasteiger partial charge >= 0.3 is 0 Å². The topological polar surface area (TPSA) is 101 Å². The number of nitrogens with one attached hydrogen (secondary N) is 3. The highest BCUT2D eigenvalue weighted by molar-refractivity contribution is 7.80. The maximum Gasteiger partial charge on any atom is 0.257 e. The number of likely N-dealkylation sites (N-methyl/N-ethyl adjacent to an activating group) is 1. The van der Waals surface area contributed by atoms with Crippen molar-refractivity contribution in [3.05, 3.63) is 47.5 Å². The summed E-state index contributed by atoms with van der Waals surface area (Å²) in [4.78, 5) is 27.2. The van der Waals surface area contributed by atoms with Crippen molar-refractivity contribution >= 4 is 34.8 Å². The normalized spacial score (nSPS) is 10.4. The largest absolute Gasteiger partial charge is 0.493 e. The number of carbonyl (C=O) groups is 2. The van der Waals surface area contributed by atoms with E-state index in [4.69, 9.17) is 26.4 Å². The molecule has 10 heteroatoms.